The third kappa shape index (κ3) is 1.32. The zero-order chi connectivity index (χ0) is 5.98. The molecule has 8 heavy (non-hydrogen) atoms. The van der Waals surface area contributed by atoms with Crippen molar-refractivity contribution in [2.24, 2.45) is 11.7 Å². The average molecular weight is 149 g/mol. The van der Waals surface area contributed by atoms with Gasteiger partial charge in [0.15, 0.2) is 0 Å². The summed E-state index contributed by atoms with van der Waals surface area (Å²) in [5.41, 5.74) is 5.03. The van der Waals surface area contributed by atoms with Crippen molar-refractivity contribution in [3.8, 4) is 0 Å². The lowest BCUT2D eigenvalue weighted by Crippen LogP contribution is -2.24. The molecule has 1 heterocycles. The lowest BCUT2D eigenvalue weighted by atomic mass is 10.2. The topological polar surface area (TPSA) is 43.1 Å². The Labute approximate surface area is 56.0 Å². The summed E-state index contributed by atoms with van der Waals surface area (Å²) in [7, 11) is 3.45. The van der Waals surface area contributed by atoms with Gasteiger partial charge in [-0.2, -0.15) is 0 Å². The van der Waals surface area contributed by atoms with Gasteiger partial charge in [0.05, 0.1) is 5.92 Å². The molecule has 0 aromatic rings. The standard InChI is InChI=1S/C4H7NOS2/c5-4(6)3-1-7-8-2-3/h3H,1-2H2,(H2,5,6). The van der Waals surface area contributed by atoms with Crippen LogP contribution in [0.2, 0.25) is 0 Å². The Hall–Kier alpha value is 0.170. The van der Waals surface area contributed by atoms with Gasteiger partial charge in [0.1, 0.15) is 0 Å². The summed E-state index contributed by atoms with van der Waals surface area (Å²) in [6.07, 6.45) is 0. The first-order chi connectivity index (χ1) is 3.80. The third-order valence-corrected chi connectivity index (χ3v) is 3.58. The molecular weight excluding hydrogens is 142 g/mol. The fraction of sp³-hybridized carbons (Fsp3) is 0.750. The number of rotatable bonds is 1. The van der Waals surface area contributed by atoms with Crippen molar-refractivity contribution >= 4 is 27.5 Å². The summed E-state index contributed by atoms with van der Waals surface area (Å²) in [6.45, 7) is 0. The summed E-state index contributed by atoms with van der Waals surface area (Å²) in [4.78, 5) is 10.4. The first-order valence-electron chi connectivity index (χ1n) is 2.34. The molecule has 1 fully saturated rings. The first kappa shape index (κ1) is 6.29. The number of amides is 1. The minimum atomic E-state index is -0.150. The highest BCUT2D eigenvalue weighted by Gasteiger charge is 2.20. The van der Waals surface area contributed by atoms with Crippen LogP contribution in [0, 0.1) is 5.92 Å². The summed E-state index contributed by atoms with van der Waals surface area (Å²) in [5, 5.41) is 0. The van der Waals surface area contributed by atoms with Crippen molar-refractivity contribution in [2.45, 2.75) is 0 Å². The van der Waals surface area contributed by atoms with Gasteiger partial charge in [-0.1, -0.05) is 21.6 Å². The van der Waals surface area contributed by atoms with E-state index in [9.17, 15) is 4.79 Å². The maximum atomic E-state index is 10.4. The molecule has 0 aromatic carbocycles. The van der Waals surface area contributed by atoms with Crippen LogP contribution in [0.15, 0.2) is 0 Å². The molecule has 0 saturated carbocycles. The number of primary amides is 1. The molecular formula is C4H7NOS2. The van der Waals surface area contributed by atoms with Crippen molar-refractivity contribution in [3.05, 3.63) is 0 Å². The van der Waals surface area contributed by atoms with Crippen LogP contribution in [-0.4, -0.2) is 17.4 Å². The van der Waals surface area contributed by atoms with E-state index in [1.807, 2.05) is 0 Å². The molecule has 0 bridgehead atoms. The second-order valence-corrected chi connectivity index (χ2v) is 4.22. The molecule has 46 valence electrons. The van der Waals surface area contributed by atoms with Crippen LogP contribution in [0.5, 0.6) is 0 Å². The smallest absolute Gasteiger partial charge is 0.222 e. The number of hydrogen-bond acceptors (Lipinski definition) is 3. The van der Waals surface area contributed by atoms with Gasteiger partial charge in [-0.25, -0.2) is 0 Å². The first-order valence-corrected chi connectivity index (χ1v) is 4.83. The molecule has 0 atom stereocenters. The van der Waals surface area contributed by atoms with Crippen LogP contribution >= 0.6 is 21.6 Å². The van der Waals surface area contributed by atoms with Crippen LogP contribution in [0.1, 0.15) is 0 Å². The molecule has 1 aliphatic heterocycles. The molecule has 2 N–H and O–H groups in total. The molecule has 1 saturated heterocycles. The van der Waals surface area contributed by atoms with Crippen LogP contribution < -0.4 is 5.73 Å². The van der Waals surface area contributed by atoms with E-state index in [-0.39, 0.29) is 11.8 Å². The minimum absolute atomic E-state index is 0.130. The van der Waals surface area contributed by atoms with Crippen molar-refractivity contribution in [2.75, 3.05) is 11.5 Å². The van der Waals surface area contributed by atoms with Gasteiger partial charge in [0, 0.05) is 11.5 Å². The van der Waals surface area contributed by atoms with E-state index < -0.39 is 0 Å². The molecule has 0 aromatic heterocycles. The fourth-order valence-corrected chi connectivity index (χ4v) is 3.27. The maximum Gasteiger partial charge on any atom is 0.222 e. The molecule has 1 aliphatic rings. The molecule has 0 unspecified atom stereocenters. The zero-order valence-electron chi connectivity index (χ0n) is 4.29. The van der Waals surface area contributed by atoms with Gasteiger partial charge in [0.2, 0.25) is 5.91 Å². The van der Waals surface area contributed by atoms with E-state index in [0.29, 0.717) is 0 Å². The number of nitrogens with two attached hydrogens (primary N) is 1. The van der Waals surface area contributed by atoms with E-state index in [2.05, 4.69) is 0 Å². The molecule has 1 amide bonds. The monoisotopic (exact) mass is 149 g/mol. The molecule has 4 heteroatoms. The highest BCUT2D eigenvalue weighted by Crippen LogP contribution is 2.34. The summed E-state index contributed by atoms with van der Waals surface area (Å²) in [5.74, 6) is 1.78. The van der Waals surface area contributed by atoms with Gasteiger partial charge >= 0.3 is 0 Å². The van der Waals surface area contributed by atoms with Gasteiger partial charge in [-0.3, -0.25) is 4.79 Å². The predicted octanol–water partition coefficient (Wildman–Crippen LogP) is 0.483. The Morgan fingerprint density at radius 2 is 2.00 bits per heavy atom. The Morgan fingerprint density at radius 3 is 2.25 bits per heavy atom. The summed E-state index contributed by atoms with van der Waals surface area (Å²) >= 11 is 0. The van der Waals surface area contributed by atoms with Crippen LogP contribution in [-0.2, 0) is 4.79 Å². The Bertz CT molecular complexity index is 100. The lowest BCUT2D eigenvalue weighted by molar-refractivity contribution is -0.120. The number of hydrogen-bond donors (Lipinski definition) is 1. The highest BCUT2D eigenvalue weighted by molar-refractivity contribution is 8.77. The van der Waals surface area contributed by atoms with Gasteiger partial charge in [-0.05, 0) is 0 Å². The van der Waals surface area contributed by atoms with Gasteiger partial charge in [0.25, 0.3) is 0 Å². The quantitative estimate of drug-likeness (QED) is 0.551. The van der Waals surface area contributed by atoms with Crippen molar-refractivity contribution in [1.82, 2.24) is 0 Å². The summed E-state index contributed by atoms with van der Waals surface area (Å²) in [6, 6.07) is 0. The second kappa shape index (κ2) is 2.64. The Balaban J connectivity index is 2.35. The second-order valence-electron chi connectivity index (χ2n) is 1.67. The van der Waals surface area contributed by atoms with Crippen LogP contribution in [0.25, 0.3) is 0 Å². The predicted molar refractivity (Wildman–Crippen MR) is 37.6 cm³/mol. The third-order valence-electron chi connectivity index (χ3n) is 1.02. The van der Waals surface area contributed by atoms with E-state index >= 15 is 0 Å². The largest absolute Gasteiger partial charge is 0.369 e. The van der Waals surface area contributed by atoms with E-state index in [1.165, 1.54) is 0 Å². The average Bonchev–Trinajstić information content (AvgIpc) is 2.12. The van der Waals surface area contributed by atoms with Crippen LogP contribution in [0.3, 0.4) is 0 Å². The minimum Gasteiger partial charge on any atom is -0.369 e. The zero-order valence-corrected chi connectivity index (χ0v) is 5.93. The highest BCUT2D eigenvalue weighted by atomic mass is 33.1. The molecule has 0 spiro atoms. The van der Waals surface area contributed by atoms with Crippen LogP contribution in [0.4, 0.5) is 0 Å². The van der Waals surface area contributed by atoms with Gasteiger partial charge in [-0.15, -0.1) is 0 Å². The SMILES string of the molecule is NC(=O)C1CSSC1. The Kier molecular flexibility index (Phi) is 2.08. The van der Waals surface area contributed by atoms with Crippen molar-refractivity contribution < 1.29 is 4.79 Å². The molecule has 1 rings (SSSR count). The maximum absolute atomic E-state index is 10.4. The number of carbonyl (C=O) groups is 1. The normalized spacial score (nSPS) is 21.5. The molecule has 0 aliphatic carbocycles. The lowest BCUT2D eigenvalue weighted by Gasteiger charge is -1.96. The van der Waals surface area contributed by atoms with E-state index in [1.54, 1.807) is 21.6 Å². The van der Waals surface area contributed by atoms with E-state index in [0.717, 1.165) is 11.5 Å². The molecule has 2 nitrogen and oxygen atoms in total. The number of carbonyl (C=O) groups excluding carboxylic acids is 1. The summed E-state index contributed by atoms with van der Waals surface area (Å²) < 4.78 is 0. The fourth-order valence-electron chi connectivity index (χ4n) is 0.473. The molecule has 0 radical (unpaired) electrons. The van der Waals surface area contributed by atoms with Crippen molar-refractivity contribution in [1.29, 1.82) is 0 Å². The van der Waals surface area contributed by atoms with E-state index in [4.69, 9.17) is 5.73 Å². The van der Waals surface area contributed by atoms with Gasteiger partial charge < -0.3 is 5.73 Å². The Morgan fingerprint density at radius 1 is 1.50 bits per heavy atom. The van der Waals surface area contributed by atoms with Crippen molar-refractivity contribution in [3.63, 3.8) is 0 Å².